The molecular weight excluding hydrogens is 310 g/mol. The molecule has 126 valence electrons. The number of rotatable bonds is 7. The predicted octanol–water partition coefficient (Wildman–Crippen LogP) is 2.59. The van der Waals surface area contributed by atoms with E-state index < -0.39 is 5.97 Å². The number of amides is 1. The highest BCUT2D eigenvalue weighted by atomic mass is 16.5. The molecule has 0 saturated carbocycles. The number of benzene rings is 1. The molecule has 1 aromatic carbocycles. The van der Waals surface area contributed by atoms with Crippen molar-refractivity contribution in [2.75, 3.05) is 11.9 Å². The van der Waals surface area contributed by atoms with E-state index in [0.29, 0.717) is 41.5 Å². The number of aromatic nitrogens is 2. The number of ether oxygens (including phenoxy) is 1. The molecule has 1 heterocycles. The third-order valence-electron chi connectivity index (χ3n) is 3.26. The van der Waals surface area contributed by atoms with Crippen LogP contribution >= 0.6 is 0 Å². The van der Waals surface area contributed by atoms with E-state index in [1.807, 2.05) is 0 Å². The number of carbonyl (C=O) groups excluding carboxylic acids is 1. The highest BCUT2D eigenvalue weighted by Crippen LogP contribution is 2.17. The summed E-state index contributed by atoms with van der Waals surface area (Å²) in [4.78, 5) is 30.8. The van der Waals surface area contributed by atoms with Gasteiger partial charge in [-0.15, -0.1) is 0 Å². The fourth-order valence-corrected chi connectivity index (χ4v) is 2.05. The summed E-state index contributed by atoms with van der Waals surface area (Å²) in [5.74, 6) is 0.122. The molecule has 24 heavy (non-hydrogen) atoms. The van der Waals surface area contributed by atoms with E-state index in [9.17, 15) is 9.59 Å². The van der Waals surface area contributed by atoms with Gasteiger partial charge >= 0.3 is 5.97 Å². The van der Waals surface area contributed by atoms with Gasteiger partial charge in [0.15, 0.2) is 0 Å². The first-order chi connectivity index (χ1) is 11.5. The minimum Gasteiger partial charge on any atom is -0.494 e. The zero-order valence-corrected chi connectivity index (χ0v) is 13.6. The van der Waals surface area contributed by atoms with Crippen molar-refractivity contribution in [2.24, 2.45) is 0 Å². The molecule has 2 N–H and O–H groups in total. The van der Waals surface area contributed by atoms with Crippen LogP contribution in [0.2, 0.25) is 0 Å². The smallest absolute Gasteiger partial charge is 0.303 e. The van der Waals surface area contributed by atoms with Crippen LogP contribution in [0.5, 0.6) is 5.75 Å². The first kappa shape index (κ1) is 17.4. The minimum absolute atomic E-state index is 0.0755. The normalized spacial score (nSPS) is 10.2. The first-order valence-electron chi connectivity index (χ1n) is 7.52. The molecule has 0 fully saturated rings. The number of nitrogens with zero attached hydrogens (tertiary/aromatic N) is 2. The van der Waals surface area contributed by atoms with E-state index in [-0.39, 0.29) is 12.3 Å². The number of carboxylic acids is 1. The maximum Gasteiger partial charge on any atom is 0.303 e. The van der Waals surface area contributed by atoms with Gasteiger partial charge in [0.25, 0.3) is 5.91 Å². The molecule has 7 nitrogen and oxygen atoms in total. The van der Waals surface area contributed by atoms with Crippen LogP contribution in [0.3, 0.4) is 0 Å². The Labute approximate surface area is 139 Å². The van der Waals surface area contributed by atoms with E-state index in [1.54, 1.807) is 38.1 Å². The number of nitrogens with one attached hydrogen (secondary N) is 1. The van der Waals surface area contributed by atoms with Crippen molar-refractivity contribution in [3.63, 3.8) is 0 Å². The maximum absolute atomic E-state index is 12.2. The molecule has 0 bridgehead atoms. The van der Waals surface area contributed by atoms with Gasteiger partial charge in [-0.1, -0.05) is 0 Å². The van der Waals surface area contributed by atoms with Gasteiger partial charge in [-0.3, -0.25) is 9.59 Å². The number of hydrogen-bond acceptors (Lipinski definition) is 5. The van der Waals surface area contributed by atoms with Gasteiger partial charge < -0.3 is 15.2 Å². The lowest BCUT2D eigenvalue weighted by atomic mass is 10.2. The molecule has 7 heteroatoms. The summed E-state index contributed by atoms with van der Waals surface area (Å²) in [6.45, 7) is 3.86. The third-order valence-corrected chi connectivity index (χ3v) is 3.26. The molecule has 0 saturated heterocycles. The standard InChI is InChI=1S/C17H19N3O4/c1-11-15(10-18-12(2)19-11)17(23)20-13-5-7-14(8-6-13)24-9-3-4-16(21)22/h5-8,10H,3-4,9H2,1-2H3,(H,20,23)(H,21,22). The summed E-state index contributed by atoms with van der Waals surface area (Å²) < 4.78 is 5.44. The summed E-state index contributed by atoms with van der Waals surface area (Å²) in [7, 11) is 0. The topological polar surface area (TPSA) is 101 Å². The zero-order chi connectivity index (χ0) is 17.5. The summed E-state index contributed by atoms with van der Waals surface area (Å²) in [6.07, 6.45) is 2.03. The second-order valence-corrected chi connectivity index (χ2v) is 5.24. The van der Waals surface area contributed by atoms with Crippen molar-refractivity contribution in [2.45, 2.75) is 26.7 Å². The molecule has 1 aromatic heterocycles. The molecule has 0 aliphatic carbocycles. The Morgan fingerprint density at radius 2 is 1.92 bits per heavy atom. The van der Waals surface area contributed by atoms with Crippen LogP contribution in [0.1, 0.15) is 34.7 Å². The van der Waals surface area contributed by atoms with Gasteiger partial charge in [-0.25, -0.2) is 9.97 Å². The average Bonchev–Trinajstić information content (AvgIpc) is 2.52. The molecule has 0 radical (unpaired) electrons. The van der Waals surface area contributed by atoms with Crippen molar-refractivity contribution < 1.29 is 19.4 Å². The predicted molar refractivity (Wildman–Crippen MR) is 88.3 cm³/mol. The fourth-order valence-electron chi connectivity index (χ4n) is 2.05. The number of carbonyl (C=O) groups is 2. The van der Waals surface area contributed by atoms with Gasteiger partial charge in [0.1, 0.15) is 11.6 Å². The zero-order valence-electron chi connectivity index (χ0n) is 13.6. The first-order valence-corrected chi connectivity index (χ1v) is 7.52. The maximum atomic E-state index is 12.2. The highest BCUT2D eigenvalue weighted by molar-refractivity contribution is 6.04. The number of aliphatic carboxylic acids is 1. The number of aryl methyl sites for hydroxylation is 2. The lowest BCUT2D eigenvalue weighted by Gasteiger charge is -2.09. The van der Waals surface area contributed by atoms with Crippen molar-refractivity contribution in [3.8, 4) is 5.75 Å². The summed E-state index contributed by atoms with van der Waals surface area (Å²) in [6, 6.07) is 6.87. The van der Waals surface area contributed by atoms with E-state index in [0.717, 1.165) is 0 Å². The molecule has 0 atom stereocenters. The lowest BCUT2D eigenvalue weighted by molar-refractivity contribution is -0.137. The molecule has 2 rings (SSSR count). The van der Waals surface area contributed by atoms with Crippen LogP contribution in [-0.4, -0.2) is 33.6 Å². The number of hydrogen-bond donors (Lipinski definition) is 2. The largest absolute Gasteiger partial charge is 0.494 e. The van der Waals surface area contributed by atoms with Crippen LogP contribution in [-0.2, 0) is 4.79 Å². The van der Waals surface area contributed by atoms with Crippen LogP contribution in [0, 0.1) is 13.8 Å². The van der Waals surface area contributed by atoms with Gasteiger partial charge in [0, 0.05) is 18.3 Å². The SMILES string of the molecule is Cc1ncc(C(=O)Nc2ccc(OCCCC(=O)O)cc2)c(C)n1. The van der Waals surface area contributed by atoms with Crippen molar-refractivity contribution >= 4 is 17.6 Å². The average molecular weight is 329 g/mol. The van der Waals surface area contributed by atoms with Gasteiger partial charge in [0.2, 0.25) is 0 Å². The minimum atomic E-state index is -0.841. The molecule has 0 spiro atoms. The molecule has 0 aliphatic rings. The Hall–Kier alpha value is -2.96. The van der Waals surface area contributed by atoms with Crippen LogP contribution in [0.15, 0.2) is 30.5 Å². The van der Waals surface area contributed by atoms with Crippen LogP contribution in [0.25, 0.3) is 0 Å². The Morgan fingerprint density at radius 1 is 1.21 bits per heavy atom. The molecule has 2 aromatic rings. The Kier molecular flexibility index (Phi) is 5.83. The number of anilines is 1. The van der Waals surface area contributed by atoms with Gasteiger partial charge in [0.05, 0.1) is 17.9 Å². The van der Waals surface area contributed by atoms with Gasteiger partial charge in [-0.2, -0.15) is 0 Å². The molecule has 0 unspecified atom stereocenters. The Bertz CT molecular complexity index is 729. The summed E-state index contributed by atoms with van der Waals surface area (Å²) in [5, 5.41) is 11.3. The second-order valence-electron chi connectivity index (χ2n) is 5.24. The van der Waals surface area contributed by atoms with E-state index >= 15 is 0 Å². The second kappa shape index (κ2) is 8.05. The summed E-state index contributed by atoms with van der Waals surface area (Å²) in [5.41, 5.74) is 1.67. The Morgan fingerprint density at radius 3 is 2.54 bits per heavy atom. The molecule has 1 amide bonds. The third kappa shape index (κ3) is 5.05. The van der Waals surface area contributed by atoms with Crippen LogP contribution < -0.4 is 10.1 Å². The quantitative estimate of drug-likeness (QED) is 0.757. The Balaban J connectivity index is 1.91. The van der Waals surface area contributed by atoms with Crippen molar-refractivity contribution in [1.82, 2.24) is 9.97 Å². The van der Waals surface area contributed by atoms with Crippen molar-refractivity contribution in [3.05, 3.63) is 47.5 Å². The highest BCUT2D eigenvalue weighted by Gasteiger charge is 2.11. The van der Waals surface area contributed by atoms with Crippen molar-refractivity contribution in [1.29, 1.82) is 0 Å². The van der Waals surface area contributed by atoms with Crippen LogP contribution in [0.4, 0.5) is 5.69 Å². The molecular formula is C17H19N3O4. The molecule has 0 aliphatic heterocycles. The van der Waals surface area contributed by atoms with E-state index in [2.05, 4.69) is 15.3 Å². The number of carboxylic acid groups (broad SMARTS) is 1. The van der Waals surface area contributed by atoms with E-state index in [1.165, 1.54) is 6.20 Å². The fraction of sp³-hybridized carbons (Fsp3) is 0.294. The van der Waals surface area contributed by atoms with Gasteiger partial charge in [-0.05, 0) is 44.5 Å². The summed E-state index contributed by atoms with van der Waals surface area (Å²) >= 11 is 0. The lowest BCUT2D eigenvalue weighted by Crippen LogP contribution is -2.15. The van der Waals surface area contributed by atoms with E-state index in [4.69, 9.17) is 9.84 Å². The monoisotopic (exact) mass is 329 g/mol.